The number of rotatable bonds is 2. The molecule has 1 aliphatic carbocycles. The van der Waals surface area contributed by atoms with Gasteiger partial charge in [-0.15, -0.1) is 0 Å². The van der Waals surface area contributed by atoms with E-state index in [-0.39, 0.29) is 11.7 Å². The SMILES string of the molecule is CC(=O)C1CC1c1ccccc1C#N. The van der Waals surface area contributed by atoms with Crippen molar-refractivity contribution >= 4 is 5.78 Å². The first-order chi connectivity index (χ1) is 6.74. The third-order valence-electron chi connectivity index (χ3n) is 2.79. The van der Waals surface area contributed by atoms with E-state index in [2.05, 4.69) is 6.07 Å². The van der Waals surface area contributed by atoms with Gasteiger partial charge in [0.25, 0.3) is 0 Å². The van der Waals surface area contributed by atoms with Gasteiger partial charge in [0.1, 0.15) is 5.78 Å². The van der Waals surface area contributed by atoms with Gasteiger partial charge in [-0.3, -0.25) is 4.79 Å². The molecule has 2 unspecified atom stereocenters. The summed E-state index contributed by atoms with van der Waals surface area (Å²) in [5, 5.41) is 8.89. The number of ketones is 1. The molecule has 0 spiro atoms. The maximum absolute atomic E-state index is 11.1. The number of hydrogen-bond acceptors (Lipinski definition) is 2. The average molecular weight is 185 g/mol. The monoisotopic (exact) mass is 185 g/mol. The van der Waals surface area contributed by atoms with Crippen molar-refractivity contribution in [3.8, 4) is 6.07 Å². The van der Waals surface area contributed by atoms with Gasteiger partial charge in [0.2, 0.25) is 0 Å². The Morgan fingerprint density at radius 1 is 1.50 bits per heavy atom. The quantitative estimate of drug-likeness (QED) is 0.709. The lowest BCUT2D eigenvalue weighted by atomic mass is 10.0. The smallest absolute Gasteiger partial charge is 0.133 e. The van der Waals surface area contributed by atoms with Crippen molar-refractivity contribution in [3.05, 3.63) is 35.4 Å². The Balaban J connectivity index is 2.27. The van der Waals surface area contributed by atoms with Crippen molar-refractivity contribution in [2.45, 2.75) is 19.3 Å². The van der Waals surface area contributed by atoms with Gasteiger partial charge >= 0.3 is 0 Å². The predicted octanol–water partition coefficient (Wildman–Crippen LogP) is 2.25. The average Bonchev–Trinajstić information content (AvgIpc) is 2.97. The zero-order valence-electron chi connectivity index (χ0n) is 8.03. The summed E-state index contributed by atoms with van der Waals surface area (Å²) in [4.78, 5) is 11.1. The zero-order chi connectivity index (χ0) is 10.1. The first-order valence-electron chi connectivity index (χ1n) is 4.73. The third-order valence-corrected chi connectivity index (χ3v) is 2.79. The van der Waals surface area contributed by atoms with Gasteiger partial charge in [-0.05, 0) is 30.9 Å². The van der Waals surface area contributed by atoms with Crippen LogP contribution in [0.2, 0.25) is 0 Å². The van der Waals surface area contributed by atoms with Gasteiger partial charge in [0.05, 0.1) is 11.6 Å². The minimum atomic E-state index is 0.157. The van der Waals surface area contributed by atoms with Gasteiger partial charge in [0, 0.05) is 5.92 Å². The Kier molecular flexibility index (Phi) is 2.09. The Bertz CT molecular complexity index is 417. The molecule has 0 saturated heterocycles. The molecule has 1 aliphatic rings. The molecule has 0 aromatic heterocycles. The highest BCUT2D eigenvalue weighted by Gasteiger charge is 2.42. The molecular formula is C12H11NO. The molecule has 1 fully saturated rings. The lowest BCUT2D eigenvalue weighted by Gasteiger charge is -2.00. The lowest BCUT2D eigenvalue weighted by molar-refractivity contribution is -0.118. The fourth-order valence-corrected chi connectivity index (χ4v) is 1.91. The van der Waals surface area contributed by atoms with Crippen LogP contribution in [0.25, 0.3) is 0 Å². The molecule has 70 valence electrons. The second kappa shape index (κ2) is 3.26. The number of hydrogen-bond donors (Lipinski definition) is 0. The fourth-order valence-electron chi connectivity index (χ4n) is 1.91. The van der Waals surface area contributed by atoms with Crippen LogP contribution in [-0.2, 0) is 4.79 Å². The van der Waals surface area contributed by atoms with E-state index < -0.39 is 0 Å². The number of nitriles is 1. The van der Waals surface area contributed by atoms with Gasteiger partial charge in [0.15, 0.2) is 0 Å². The van der Waals surface area contributed by atoms with Crippen LogP contribution >= 0.6 is 0 Å². The molecule has 14 heavy (non-hydrogen) atoms. The molecule has 1 aromatic carbocycles. The van der Waals surface area contributed by atoms with Crippen molar-refractivity contribution < 1.29 is 4.79 Å². The van der Waals surface area contributed by atoms with Gasteiger partial charge < -0.3 is 0 Å². The zero-order valence-corrected chi connectivity index (χ0v) is 8.03. The Hall–Kier alpha value is -1.62. The van der Waals surface area contributed by atoms with Crippen LogP contribution in [0.4, 0.5) is 0 Å². The van der Waals surface area contributed by atoms with E-state index in [1.165, 1.54) is 0 Å². The Labute approximate surface area is 83.2 Å². The predicted molar refractivity (Wildman–Crippen MR) is 52.7 cm³/mol. The van der Waals surface area contributed by atoms with Gasteiger partial charge in [-0.2, -0.15) is 5.26 Å². The van der Waals surface area contributed by atoms with E-state index >= 15 is 0 Å². The van der Waals surface area contributed by atoms with Crippen molar-refractivity contribution in [2.75, 3.05) is 0 Å². The standard InChI is InChI=1S/C12H11NO/c1-8(14)11-6-12(11)10-5-3-2-4-9(10)7-13/h2-5,11-12H,6H2,1H3. The van der Waals surface area contributed by atoms with Crippen LogP contribution in [0.3, 0.4) is 0 Å². The summed E-state index contributed by atoms with van der Waals surface area (Å²) in [5.74, 6) is 0.690. The molecule has 1 aromatic rings. The summed E-state index contributed by atoms with van der Waals surface area (Å²) in [7, 11) is 0. The van der Waals surface area contributed by atoms with E-state index in [1.54, 1.807) is 6.92 Å². The van der Waals surface area contributed by atoms with E-state index in [0.717, 1.165) is 12.0 Å². The van der Waals surface area contributed by atoms with Crippen LogP contribution in [0.1, 0.15) is 30.4 Å². The van der Waals surface area contributed by atoms with Crippen molar-refractivity contribution in [1.82, 2.24) is 0 Å². The number of carbonyl (C=O) groups excluding carboxylic acids is 1. The molecule has 0 amide bonds. The number of benzene rings is 1. The van der Waals surface area contributed by atoms with E-state index in [4.69, 9.17) is 5.26 Å². The van der Waals surface area contributed by atoms with Crippen LogP contribution < -0.4 is 0 Å². The molecule has 1 saturated carbocycles. The number of Topliss-reactive ketones (excluding diaryl/α,β-unsaturated/α-hetero) is 1. The van der Waals surface area contributed by atoms with Crippen LogP contribution in [0.5, 0.6) is 0 Å². The molecule has 0 radical (unpaired) electrons. The van der Waals surface area contributed by atoms with Crippen molar-refractivity contribution in [1.29, 1.82) is 5.26 Å². The van der Waals surface area contributed by atoms with Crippen molar-refractivity contribution in [3.63, 3.8) is 0 Å². The van der Waals surface area contributed by atoms with E-state index in [0.29, 0.717) is 11.5 Å². The summed E-state index contributed by atoms with van der Waals surface area (Å²) in [6, 6.07) is 9.70. The minimum Gasteiger partial charge on any atom is -0.300 e. The molecule has 2 rings (SSSR count). The second-order valence-corrected chi connectivity index (χ2v) is 3.76. The topological polar surface area (TPSA) is 40.9 Å². The molecule has 0 heterocycles. The molecule has 2 heteroatoms. The first kappa shape index (κ1) is 8.96. The molecule has 0 bridgehead atoms. The maximum atomic E-state index is 11.1. The third kappa shape index (κ3) is 1.42. The van der Waals surface area contributed by atoms with Crippen LogP contribution in [0.15, 0.2) is 24.3 Å². The largest absolute Gasteiger partial charge is 0.300 e. The Morgan fingerprint density at radius 3 is 2.79 bits per heavy atom. The molecule has 2 nitrogen and oxygen atoms in total. The van der Waals surface area contributed by atoms with Crippen LogP contribution in [0, 0.1) is 17.2 Å². The first-order valence-corrected chi connectivity index (χ1v) is 4.73. The lowest BCUT2D eigenvalue weighted by Crippen LogP contribution is -1.96. The highest BCUT2D eigenvalue weighted by atomic mass is 16.1. The second-order valence-electron chi connectivity index (χ2n) is 3.76. The van der Waals surface area contributed by atoms with Gasteiger partial charge in [-0.1, -0.05) is 18.2 Å². The molecule has 2 atom stereocenters. The number of carbonyl (C=O) groups is 1. The normalized spacial score (nSPS) is 24.0. The van der Waals surface area contributed by atoms with Gasteiger partial charge in [-0.25, -0.2) is 0 Å². The summed E-state index contributed by atoms with van der Waals surface area (Å²) in [6.45, 7) is 1.62. The summed E-state index contributed by atoms with van der Waals surface area (Å²) >= 11 is 0. The molecular weight excluding hydrogens is 174 g/mol. The fraction of sp³-hybridized carbons (Fsp3) is 0.333. The summed E-state index contributed by atoms with van der Waals surface area (Å²) < 4.78 is 0. The van der Waals surface area contributed by atoms with E-state index in [1.807, 2.05) is 24.3 Å². The molecule has 0 aliphatic heterocycles. The molecule has 0 N–H and O–H groups in total. The highest BCUT2D eigenvalue weighted by Crippen LogP contribution is 2.48. The highest BCUT2D eigenvalue weighted by molar-refractivity contribution is 5.82. The van der Waals surface area contributed by atoms with Crippen molar-refractivity contribution in [2.24, 2.45) is 5.92 Å². The summed E-state index contributed by atoms with van der Waals surface area (Å²) in [6.07, 6.45) is 0.911. The van der Waals surface area contributed by atoms with E-state index in [9.17, 15) is 4.79 Å². The summed E-state index contributed by atoms with van der Waals surface area (Å²) in [5.41, 5.74) is 1.75. The Morgan fingerprint density at radius 2 is 2.21 bits per heavy atom. The van der Waals surface area contributed by atoms with Crippen LogP contribution in [-0.4, -0.2) is 5.78 Å². The number of nitrogens with zero attached hydrogens (tertiary/aromatic N) is 1. The maximum Gasteiger partial charge on any atom is 0.133 e. The minimum absolute atomic E-state index is 0.157.